The van der Waals surface area contributed by atoms with E-state index in [1.807, 2.05) is 27.0 Å². The number of aromatic amines is 1. The van der Waals surface area contributed by atoms with Crippen molar-refractivity contribution in [2.75, 3.05) is 19.5 Å². The van der Waals surface area contributed by atoms with Crippen LogP contribution in [0.2, 0.25) is 0 Å². The molecule has 0 aliphatic rings. The molecule has 0 aromatic carbocycles. The third kappa shape index (κ3) is 7.03. The average Bonchev–Trinajstić information content (AvgIpc) is 2.86. The number of hydrogen-bond donors (Lipinski definition) is 1. The largest absolute Gasteiger partial charge is 0.462 e. The lowest BCUT2D eigenvalue weighted by molar-refractivity contribution is 0.00625. The van der Waals surface area contributed by atoms with Gasteiger partial charge in [-0.15, -0.1) is 0 Å². The van der Waals surface area contributed by atoms with Crippen LogP contribution in [-0.4, -0.2) is 42.0 Å². The van der Waals surface area contributed by atoms with Crippen LogP contribution in [0.3, 0.4) is 0 Å². The highest BCUT2D eigenvalue weighted by Crippen LogP contribution is 2.24. The Kier molecular flexibility index (Phi) is 9.22. The zero-order valence-corrected chi connectivity index (χ0v) is 17.5. The molecule has 6 nitrogen and oxygen atoms in total. The van der Waals surface area contributed by atoms with Crippen LogP contribution < -0.4 is 0 Å². The first-order valence-electron chi connectivity index (χ1n) is 8.98. The van der Waals surface area contributed by atoms with Gasteiger partial charge < -0.3 is 18.6 Å². The van der Waals surface area contributed by atoms with Crippen molar-refractivity contribution in [3.63, 3.8) is 0 Å². The van der Waals surface area contributed by atoms with E-state index in [1.165, 1.54) is 12.0 Å². The van der Waals surface area contributed by atoms with Crippen LogP contribution >= 0.6 is 12.0 Å². The Bertz CT molecular complexity index is 604. The van der Waals surface area contributed by atoms with Crippen molar-refractivity contribution in [3.8, 4) is 0 Å². The number of nitrogens with one attached hydrogen (secondary N) is 1. The second-order valence-corrected chi connectivity index (χ2v) is 7.57. The molecule has 148 valence electrons. The van der Waals surface area contributed by atoms with E-state index < -0.39 is 17.5 Å². The van der Waals surface area contributed by atoms with Gasteiger partial charge in [-0.1, -0.05) is 6.42 Å². The molecule has 0 radical (unpaired) electrons. The predicted molar refractivity (Wildman–Crippen MR) is 104 cm³/mol. The second kappa shape index (κ2) is 10.6. The summed E-state index contributed by atoms with van der Waals surface area (Å²) in [4.78, 5) is 27.9. The van der Waals surface area contributed by atoms with Crippen molar-refractivity contribution < 1.29 is 23.2 Å². The van der Waals surface area contributed by atoms with Crippen molar-refractivity contribution in [2.24, 2.45) is 0 Å². The summed E-state index contributed by atoms with van der Waals surface area (Å²) in [6.45, 7) is 9.94. The molecule has 0 fully saturated rings. The summed E-state index contributed by atoms with van der Waals surface area (Å²) in [7, 11) is 0. The Balaban J connectivity index is 2.94. The van der Waals surface area contributed by atoms with Crippen LogP contribution in [0.15, 0.2) is 0 Å². The molecule has 0 spiro atoms. The van der Waals surface area contributed by atoms with E-state index in [0.29, 0.717) is 29.8 Å². The number of hydrogen-bond acceptors (Lipinski definition) is 6. The van der Waals surface area contributed by atoms with Gasteiger partial charge in [0.05, 0.1) is 18.8 Å². The molecule has 0 bridgehead atoms. The van der Waals surface area contributed by atoms with Crippen molar-refractivity contribution >= 4 is 24.0 Å². The van der Waals surface area contributed by atoms with Gasteiger partial charge in [0.25, 0.3) is 0 Å². The maximum atomic E-state index is 12.5. The van der Waals surface area contributed by atoms with E-state index >= 15 is 0 Å². The van der Waals surface area contributed by atoms with E-state index in [2.05, 4.69) is 4.98 Å². The molecule has 1 rings (SSSR count). The van der Waals surface area contributed by atoms with Gasteiger partial charge in [-0.05, 0) is 71.5 Å². The summed E-state index contributed by atoms with van der Waals surface area (Å²) in [6, 6.07) is 0. The highest BCUT2D eigenvalue weighted by molar-refractivity contribution is 7.93. The number of carbonyl (C=O) groups is 2. The molecule has 0 saturated heterocycles. The number of aryl methyl sites for hydroxylation is 1. The maximum Gasteiger partial charge on any atom is 0.355 e. The van der Waals surface area contributed by atoms with E-state index in [1.54, 1.807) is 13.8 Å². The molecule has 1 aromatic rings. The average molecular weight is 386 g/mol. The SMILES string of the molecule is CCOC(=O)c1c(CCCCCOSC)[nH]c(C(=O)OC(C)(C)C)c1C. The molecule has 1 heterocycles. The Morgan fingerprint density at radius 2 is 1.81 bits per heavy atom. The maximum absolute atomic E-state index is 12.5. The third-order valence-corrected chi connectivity index (χ3v) is 4.08. The Morgan fingerprint density at radius 1 is 1.12 bits per heavy atom. The fraction of sp³-hybridized carbons (Fsp3) is 0.684. The fourth-order valence-corrected chi connectivity index (χ4v) is 2.87. The molecule has 7 heteroatoms. The van der Waals surface area contributed by atoms with Crippen molar-refractivity contribution in [1.82, 2.24) is 4.98 Å². The van der Waals surface area contributed by atoms with Crippen LogP contribution in [0.25, 0.3) is 0 Å². The van der Waals surface area contributed by atoms with Crippen LogP contribution in [-0.2, 0) is 20.1 Å². The molecule has 1 aromatic heterocycles. The van der Waals surface area contributed by atoms with E-state index in [0.717, 1.165) is 25.0 Å². The lowest BCUT2D eigenvalue weighted by Crippen LogP contribution is -2.24. The number of unbranched alkanes of at least 4 members (excludes halogenated alkanes) is 2. The molecule has 0 amide bonds. The topological polar surface area (TPSA) is 77.6 Å². The first-order valence-corrected chi connectivity index (χ1v) is 10.1. The molecule has 0 unspecified atom stereocenters. The summed E-state index contributed by atoms with van der Waals surface area (Å²) in [6.07, 6.45) is 5.37. The van der Waals surface area contributed by atoms with Gasteiger partial charge >= 0.3 is 11.9 Å². The minimum atomic E-state index is -0.601. The molecule has 0 atom stereocenters. The Labute approximate surface area is 160 Å². The van der Waals surface area contributed by atoms with Gasteiger partial charge in [-0.25, -0.2) is 9.59 Å². The summed E-state index contributed by atoms with van der Waals surface area (Å²) >= 11 is 1.36. The van der Waals surface area contributed by atoms with Crippen molar-refractivity contribution in [2.45, 2.75) is 65.9 Å². The highest BCUT2D eigenvalue weighted by Gasteiger charge is 2.27. The van der Waals surface area contributed by atoms with E-state index in [-0.39, 0.29) is 6.61 Å². The normalized spacial score (nSPS) is 11.5. The highest BCUT2D eigenvalue weighted by atomic mass is 32.2. The van der Waals surface area contributed by atoms with Crippen molar-refractivity contribution in [1.29, 1.82) is 0 Å². The molecular weight excluding hydrogens is 354 g/mol. The monoisotopic (exact) mass is 385 g/mol. The molecule has 1 N–H and O–H groups in total. The molecule has 0 aliphatic carbocycles. The number of rotatable bonds is 10. The predicted octanol–water partition coefficient (Wildman–Crippen LogP) is 4.46. The van der Waals surface area contributed by atoms with Gasteiger partial charge in [0.1, 0.15) is 11.3 Å². The number of ether oxygens (including phenoxy) is 2. The lowest BCUT2D eigenvalue weighted by atomic mass is 10.1. The first kappa shape index (κ1) is 22.6. The Hall–Kier alpha value is -1.47. The summed E-state index contributed by atoms with van der Waals surface area (Å²) in [5.41, 5.74) is 1.48. The smallest absolute Gasteiger partial charge is 0.355 e. The second-order valence-electron chi connectivity index (χ2n) is 7.00. The number of H-pyrrole nitrogens is 1. The zero-order valence-electron chi connectivity index (χ0n) is 16.7. The number of aromatic nitrogens is 1. The summed E-state index contributed by atoms with van der Waals surface area (Å²) in [5, 5.41) is 0. The Morgan fingerprint density at radius 3 is 2.38 bits per heavy atom. The summed E-state index contributed by atoms with van der Waals surface area (Å²) in [5.74, 6) is -0.864. The number of esters is 2. The van der Waals surface area contributed by atoms with Gasteiger partial charge in [0.15, 0.2) is 0 Å². The lowest BCUT2D eigenvalue weighted by Gasteiger charge is -2.19. The van der Waals surface area contributed by atoms with E-state index in [4.69, 9.17) is 13.7 Å². The quantitative estimate of drug-likeness (QED) is 0.364. The van der Waals surface area contributed by atoms with E-state index in [9.17, 15) is 9.59 Å². The van der Waals surface area contributed by atoms with Gasteiger partial charge in [-0.2, -0.15) is 0 Å². The minimum Gasteiger partial charge on any atom is -0.462 e. The fourth-order valence-electron chi connectivity index (χ4n) is 2.58. The van der Waals surface area contributed by atoms with Crippen LogP contribution in [0.5, 0.6) is 0 Å². The molecule has 26 heavy (non-hydrogen) atoms. The van der Waals surface area contributed by atoms with Crippen LogP contribution in [0.4, 0.5) is 0 Å². The summed E-state index contributed by atoms with van der Waals surface area (Å²) < 4.78 is 15.9. The molecule has 0 saturated carbocycles. The third-order valence-electron chi connectivity index (χ3n) is 3.68. The minimum absolute atomic E-state index is 0.288. The number of carbonyl (C=O) groups excluding carboxylic acids is 2. The molecule has 0 aliphatic heterocycles. The van der Waals surface area contributed by atoms with Crippen molar-refractivity contribution in [3.05, 3.63) is 22.5 Å². The zero-order chi connectivity index (χ0) is 19.7. The molecular formula is C19H31NO5S. The first-order chi connectivity index (χ1) is 12.2. The van der Waals surface area contributed by atoms with Crippen LogP contribution in [0, 0.1) is 6.92 Å². The van der Waals surface area contributed by atoms with Gasteiger partial charge in [-0.3, -0.25) is 0 Å². The van der Waals surface area contributed by atoms with Gasteiger partial charge in [0.2, 0.25) is 0 Å². The van der Waals surface area contributed by atoms with Crippen LogP contribution in [0.1, 0.15) is 79.1 Å². The van der Waals surface area contributed by atoms with Gasteiger partial charge in [0, 0.05) is 11.9 Å². The standard InChI is InChI=1S/C19H31NO5S/c1-7-23-17(21)15-13(2)16(18(22)25-19(3,4)5)20-14(15)11-9-8-10-12-24-26-6/h20H,7-12H2,1-6H3.